The molecule has 36 heavy (non-hydrogen) atoms. The Labute approximate surface area is 216 Å². The van der Waals surface area contributed by atoms with Crippen molar-refractivity contribution in [1.82, 2.24) is 29.7 Å². The number of likely N-dealkylation sites (tertiary alicyclic amines) is 1. The molecule has 2 aliphatic heterocycles. The highest BCUT2D eigenvalue weighted by atomic mass is 35.5. The van der Waals surface area contributed by atoms with Crippen LogP contribution in [0.4, 0.5) is 17.6 Å². The average molecular weight is 516 g/mol. The molecule has 2 saturated heterocycles. The second-order valence-corrected chi connectivity index (χ2v) is 9.62. The van der Waals surface area contributed by atoms with Gasteiger partial charge in [0.15, 0.2) is 28.4 Å². The van der Waals surface area contributed by atoms with E-state index in [1.165, 1.54) is 6.92 Å². The molecule has 2 aromatic heterocycles. The molecule has 0 bridgehead atoms. The van der Waals surface area contributed by atoms with Crippen LogP contribution in [0.2, 0.25) is 5.15 Å². The molecule has 0 aliphatic carbocycles. The van der Waals surface area contributed by atoms with Gasteiger partial charge in [0.25, 0.3) is 0 Å². The first-order valence-electron chi connectivity index (χ1n) is 12.2. The Morgan fingerprint density at radius 1 is 1.11 bits per heavy atom. The lowest BCUT2D eigenvalue weighted by molar-refractivity contribution is 0.0610. The monoisotopic (exact) mass is 515 g/mol. The molecule has 1 unspecified atom stereocenters. The Bertz CT molecular complexity index is 1090. The van der Waals surface area contributed by atoms with Gasteiger partial charge >= 0.3 is 0 Å². The largest absolute Gasteiger partial charge is 0.424 e. The fourth-order valence-corrected chi connectivity index (χ4v) is 5.25. The summed E-state index contributed by atoms with van der Waals surface area (Å²) in [5, 5.41) is 15.5. The third-order valence-corrected chi connectivity index (χ3v) is 7.04. The maximum atomic E-state index is 7.96. The molecular formula is C23H34ClN11O. The average Bonchev–Trinajstić information content (AvgIpc) is 2.86. The number of hydrogen-bond acceptors (Lipinski definition) is 12. The molecule has 0 radical (unpaired) electrons. The van der Waals surface area contributed by atoms with Gasteiger partial charge in [0.1, 0.15) is 0 Å². The van der Waals surface area contributed by atoms with Crippen LogP contribution in [0.25, 0.3) is 0 Å². The first kappa shape index (κ1) is 26.0. The molecule has 12 nitrogen and oxygen atoms in total. The van der Waals surface area contributed by atoms with Crippen molar-refractivity contribution in [3.8, 4) is 0 Å². The molecular weight excluding hydrogens is 482 g/mol. The van der Waals surface area contributed by atoms with E-state index in [1.807, 2.05) is 0 Å². The molecule has 194 valence electrons. The van der Waals surface area contributed by atoms with Crippen molar-refractivity contribution >= 4 is 41.0 Å². The first-order valence-corrected chi connectivity index (χ1v) is 12.6. The van der Waals surface area contributed by atoms with Gasteiger partial charge < -0.3 is 21.1 Å². The van der Waals surface area contributed by atoms with E-state index in [0.717, 1.165) is 64.1 Å². The Morgan fingerprint density at radius 3 is 2.44 bits per heavy atom. The fraction of sp³-hybridized carbons (Fsp3) is 0.565. The Kier molecular flexibility index (Phi) is 8.17. The first-order chi connectivity index (χ1) is 17.2. The van der Waals surface area contributed by atoms with Gasteiger partial charge in [-0.05, 0) is 32.4 Å². The Morgan fingerprint density at radius 2 is 1.81 bits per heavy atom. The number of nitrogens with zero attached hydrogens (tertiary/aromatic N) is 7. The van der Waals surface area contributed by atoms with Crippen LogP contribution in [-0.4, -0.2) is 86.3 Å². The molecule has 0 amide bonds. The van der Waals surface area contributed by atoms with Crippen molar-refractivity contribution in [2.45, 2.75) is 51.7 Å². The number of nitrogen functional groups attached to an aromatic ring is 2. The van der Waals surface area contributed by atoms with E-state index in [1.54, 1.807) is 12.4 Å². The zero-order chi connectivity index (χ0) is 25.8. The zero-order valence-electron chi connectivity index (χ0n) is 20.7. The smallest absolute Gasteiger partial charge is 0.243 e. The van der Waals surface area contributed by atoms with E-state index < -0.39 is 0 Å². The van der Waals surface area contributed by atoms with Gasteiger partial charge in [-0.25, -0.2) is 19.9 Å². The van der Waals surface area contributed by atoms with Crippen LogP contribution in [0.1, 0.15) is 44.4 Å². The number of piperazine rings is 1. The van der Waals surface area contributed by atoms with Crippen LogP contribution in [-0.2, 0) is 11.3 Å². The minimum Gasteiger partial charge on any atom is -0.424 e. The molecule has 4 rings (SSSR count). The van der Waals surface area contributed by atoms with E-state index in [-0.39, 0.29) is 28.5 Å². The topological polar surface area (TPSA) is 170 Å². The van der Waals surface area contributed by atoms with Crippen molar-refractivity contribution < 1.29 is 4.74 Å². The minimum absolute atomic E-state index is 0.0401. The molecule has 4 heterocycles. The van der Waals surface area contributed by atoms with Gasteiger partial charge in [0, 0.05) is 63.1 Å². The van der Waals surface area contributed by atoms with Crippen LogP contribution >= 0.6 is 11.6 Å². The normalized spacial score (nSPS) is 19.9. The predicted molar refractivity (Wildman–Crippen MR) is 141 cm³/mol. The summed E-state index contributed by atoms with van der Waals surface area (Å²) in [7, 11) is 0. The number of hydrogen-bond donors (Lipinski definition) is 4. The fourth-order valence-electron chi connectivity index (χ4n) is 5.01. The lowest BCUT2D eigenvalue weighted by atomic mass is 9.98. The van der Waals surface area contributed by atoms with Crippen LogP contribution in [0, 0.1) is 10.8 Å². The van der Waals surface area contributed by atoms with Crippen molar-refractivity contribution in [3.63, 3.8) is 0 Å². The Hall–Kier alpha value is -3.09. The van der Waals surface area contributed by atoms with Crippen molar-refractivity contribution in [1.29, 1.82) is 10.8 Å². The number of nitrogens with two attached hydrogens (primary N) is 2. The van der Waals surface area contributed by atoms with Gasteiger partial charge in [0.05, 0.1) is 0 Å². The zero-order valence-corrected chi connectivity index (χ0v) is 21.5. The summed E-state index contributed by atoms with van der Waals surface area (Å²) in [5.41, 5.74) is 12.8. The summed E-state index contributed by atoms with van der Waals surface area (Å²) in [5.74, 6) is 0.422. The third-order valence-electron chi connectivity index (χ3n) is 6.79. The summed E-state index contributed by atoms with van der Waals surface area (Å²) in [6.07, 6.45) is 6.85. The lowest BCUT2D eigenvalue weighted by Gasteiger charge is -2.47. The molecule has 2 fully saturated rings. The summed E-state index contributed by atoms with van der Waals surface area (Å²) in [4.78, 5) is 24.1. The quantitative estimate of drug-likeness (QED) is 0.329. The van der Waals surface area contributed by atoms with Crippen LogP contribution in [0.15, 0.2) is 12.4 Å². The number of anilines is 3. The second kappa shape index (κ2) is 11.3. The number of halogens is 1. The highest BCUT2D eigenvalue weighted by Gasteiger charge is 2.34. The molecule has 2 aromatic rings. The molecule has 1 atom stereocenters. The molecule has 2 aliphatic rings. The van der Waals surface area contributed by atoms with Gasteiger partial charge in [-0.2, -0.15) is 0 Å². The molecule has 0 aromatic carbocycles. The summed E-state index contributed by atoms with van der Waals surface area (Å²) < 4.78 is 5.01. The minimum atomic E-state index is -0.340. The van der Waals surface area contributed by atoms with E-state index in [0.29, 0.717) is 23.8 Å². The number of nitrogens with one attached hydrogen (secondary N) is 2. The van der Waals surface area contributed by atoms with Gasteiger partial charge in [0.2, 0.25) is 11.8 Å². The molecule has 6 N–H and O–H groups in total. The van der Waals surface area contributed by atoms with Gasteiger partial charge in [-0.1, -0.05) is 18.5 Å². The SMILES string of the molecule is CCC1CN(c2nc(N)c(C(=N)OC(C)=N)nc2Cl)CCN1C1CCN(Cc2cnc(N)nc2)CC1. The van der Waals surface area contributed by atoms with E-state index in [2.05, 4.69) is 41.6 Å². The second-order valence-electron chi connectivity index (χ2n) is 9.26. The van der Waals surface area contributed by atoms with Crippen molar-refractivity contribution in [3.05, 3.63) is 28.8 Å². The number of aromatic nitrogens is 4. The highest BCUT2D eigenvalue weighted by molar-refractivity contribution is 6.32. The summed E-state index contributed by atoms with van der Waals surface area (Å²) >= 11 is 6.47. The summed E-state index contributed by atoms with van der Waals surface area (Å²) in [6.45, 7) is 8.99. The summed E-state index contributed by atoms with van der Waals surface area (Å²) in [6, 6.07) is 0.897. The van der Waals surface area contributed by atoms with Crippen molar-refractivity contribution in [2.75, 3.05) is 49.1 Å². The van der Waals surface area contributed by atoms with Crippen LogP contribution < -0.4 is 16.4 Å². The third kappa shape index (κ3) is 6.00. The van der Waals surface area contributed by atoms with E-state index >= 15 is 0 Å². The lowest BCUT2D eigenvalue weighted by Crippen LogP contribution is -2.58. The molecule has 13 heteroatoms. The van der Waals surface area contributed by atoms with Crippen molar-refractivity contribution in [2.24, 2.45) is 0 Å². The maximum absolute atomic E-state index is 7.96. The number of ether oxygens (including phenoxy) is 1. The van der Waals surface area contributed by atoms with Crippen LogP contribution in [0.3, 0.4) is 0 Å². The Balaban J connectivity index is 1.36. The van der Waals surface area contributed by atoms with Gasteiger partial charge in [-0.15, -0.1) is 0 Å². The van der Waals surface area contributed by atoms with Crippen LogP contribution in [0.5, 0.6) is 0 Å². The highest BCUT2D eigenvalue weighted by Crippen LogP contribution is 2.30. The van der Waals surface area contributed by atoms with E-state index in [4.69, 9.17) is 38.6 Å². The molecule has 0 spiro atoms. The van der Waals surface area contributed by atoms with E-state index in [9.17, 15) is 0 Å². The maximum Gasteiger partial charge on any atom is 0.243 e. The predicted octanol–water partition coefficient (Wildman–Crippen LogP) is 1.99. The number of piperidine rings is 1. The standard InChI is InChI=1S/C23H34ClN11O/c1-3-16-13-34(22-19(24)31-18(20(26)32-22)21(27)36-14(2)25)8-9-35(16)17-4-6-33(7-5-17)12-15-10-29-23(28)30-11-15/h10-11,16-17,25,27H,3-9,12-13H2,1-2H3,(H2,26,32)(H2,28,29,30). The molecule has 0 saturated carbocycles. The number of rotatable bonds is 6. The van der Waals surface area contributed by atoms with Gasteiger partial charge in [-0.3, -0.25) is 20.6 Å².